The number of halogens is 1. The number of carbonyl (C=O) groups is 2. The standard InChI is InChI=1S/C19H19FO4S/c1-12-2-4-13(5-3-12)10-17(19(23)24)25-16(11-18(21)22)14-6-8-15(20)9-7-14/h2-9,16-17H,10-11H2,1H3,(H,21,22)(H,23,24)/t16-,17+/m1/s1. The first-order chi connectivity index (χ1) is 11.8. The fourth-order valence-corrected chi connectivity index (χ4v) is 3.77. The smallest absolute Gasteiger partial charge is 0.316 e. The summed E-state index contributed by atoms with van der Waals surface area (Å²) >= 11 is 1.08. The van der Waals surface area contributed by atoms with Gasteiger partial charge in [0.1, 0.15) is 11.1 Å². The molecule has 0 fully saturated rings. The Bertz CT molecular complexity index is 728. The van der Waals surface area contributed by atoms with E-state index < -0.39 is 28.3 Å². The lowest BCUT2D eigenvalue weighted by atomic mass is 10.1. The van der Waals surface area contributed by atoms with Crippen molar-refractivity contribution < 1.29 is 24.2 Å². The molecule has 0 saturated heterocycles. The highest BCUT2D eigenvalue weighted by molar-refractivity contribution is 8.00. The van der Waals surface area contributed by atoms with Crippen molar-refractivity contribution in [1.29, 1.82) is 0 Å². The number of carboxylic acids is 2. The van der Waals surface area contributed by atoms with Crippen molar-refractivity contribution >= 4 is 23.7 Å². The van der Waals surface area contributed by atoms with Crippen LogP contribution in [-0.2, 0) is 16.0 Å². The number of hydrogen-bond acceptors (Lipinski definition) is 3. The van der Waals surface area contributed by atoms with Crippen LogP contribution in [0.25, 0.3) is 0 Å². The molecule has 2 N–H and O–H groups in total. The molecule has 2 rings (SSSR count). The Kier molecular flexibility index (Phi) is 6.58. The third kappa shape index (κ3) is 5.90. The van der Waals surface area contributed by atoms with Gasteiger partial charge in [-0.15, -0.1) is 11.8 Å². The lowest BCUT2D eigenvalue weighted by Gasteiger charge is -2.20. The lowest BCUT2D eigenvalue weighted by Crippen LogP contribution is -2.21. The van der Waals surface area contributed by atoms with Crippen molar-refractivity contribution in [2.75, 3.05) is 0 Å². The molecule has 0 spiro atoms. The summed E-state index contributed by atoms with van der Waals surface area (Å²) in [6.45, 7) is 1.95. The SMILES string of the molecule is Cc1ccc(C[C@H](S[C@H](CC(=O)O)c2ccc(F)cc2)C(=O)O)cc1. The Morgan fingerprint density at radius 1 is 1.04 bits per heavy atom. The van der Waals surface area contributed by atoms with Gasteiger partial charge in [-0.2, -0.15) is 0 Å². The van der Waals surface area contributed by atoms with E-state index in [1.165, 1.54) is 24.3 Å². The molecule has 2 aromatic rings. The first-order valence-electron chi connectivity index (χ1n) is 7.76. The molecular formula is C19H19FO4S. The van der Waals surface area contributed by atoms with Gasteiger partial charge >= 0.3 is 11.9 Å². The van der Waals surface area contributed by atoms with E-state index in [0.29, 0.717) is 5.56 Å². The summed E-state index contributed by atoms with van der Waals surface area (Å²) in [5, 5.41) is 17.3. The van der Waals surface area contributed by atoms with Crippen molar-refractivity contribution in [2.24, 2.45) is 0 Å². The van der Waals surface area contributed by atoms with Crippen LogP contribution in [0.3, 0.4) is 0 Å². The fraction of sp³-hybridized carbons (Fsp3) is 0.263. The zero-order chi connectivity index (χ0) is 18.4. The van der Waals surface area contributed by atoms with Gasteiger partial charge in [-0.05, 0) is 36.6 Å². The van der Waals surface area contributed by atoms with Gasteiger partial charge in [-0.3, -0.25) is 9.59 Å². The van der Waals surface area contributed by atoms with Crippen molar-refractivity contribution in [3.8, 4) is 0 Å². The largest absolute Gasteiger partial charge is 0.481 e. The number of hydrogen-bond donors (Lipinski definition) is 2. The van der Waals surface area contributed by atoms with Crippen LogP contribution in [0.15, 0.2) is 48.5 Å². The summed E-state index contributed by atoms with van der Waals surface area (Å²) < 4.78 is 13.1. The zero-order valence-corrected chi connectivity index (χ0v) is 14.5. The predicted molar refractivity (Wildman–Crippen MR) is 95.3 cm³/mol. The second kappa shape index (κ2) is 8.67. The van der Waals surface area contributed by atoms with Crippen molar-refractivity contribution in [3.63, 3.8) is 0 Å². The highest BCUT2D eigenvalue weighted by Crippen LogP contribution is 2.36. The highest BCUT2D eigenvalue weighted by atomic mass is 32.2. The number of benzene rings is 2. The van der Waals surface area contributed by atoms with Crippen LogP contribution in [0.5, 0.6) is 0 Å². The third-order valence-corrected chi connectivity index (χ3v) is 5.21. The van der Waals surface area contributed by atoms with Crippen LogP contribution in [-0.4, -0.2) is 27.4 Å². The normalized spacial score (nSPS) is 13.2. The van der Waals surface area contributed by atoms with Gasteiger partial charge in [-0.25, -0.2) is 4.39 Å². The Morgan fingerprint density at radius 3 is 2.16 bits per heavy atom. The van der Waals surface area contributed by atoms with E-state index in [0.717, 1.165) is 22.9 Å². The molecule has 2 aromatic carbocycles. The van der Waals surface area contributed by atoms with Crippen LogP contribution >= 0.6 is 11.8 Å². The topological polar surface area (TPSA) is 74.6 Å². The van der Waals surface area contributed by atoms with Crippen LogP contribution in [0, 0.1) is 12.7 Å². The van der Waals surface area contributed by atoms with Crippen molar-refractivity contribution in [2.45, 2.75) is 30.3 Å². The quantitative estimate of drug-likeness (QED) is 0.740. The monoisotopic (exact) mass is 362 g/mol. The molecule has 0 saturated carbocycles. The van der Waals surface area contributed by atoms with E-state index >= 15 is 0 Å². The summed E-state index contributed by atoms with van der Waals surface area (Å²) in [7, 11) is 0. The molecule has 0 unspecified atom stereocenters. The molecule has 132 valence electrons. The van der Waals surface area contributed by atoms with Gasteiger partial charge in [0.05, 0.1) is 6.42 Å². The van der Waals surface area contributed by atoms with Gasteiger partial charge < -0.3 is 10.2 Å². The zero-order valence-electron chi connectivity index (χ0n) is 13.7. The molecule has 2 atom stereocenters. The molecular weight excluding hydrogens is 343 g/mol. The third-order valence-electron chi connectivity index (χ3n) is 3.75. The molecule has 0 radical (unpaired) electrons. The maximum Gasteiger partial charge on any atom is 0.316 e. The molecule has 0 aliphatic carbocycles. The maximum atomic E-state index is 13.1. The molecule has 6 heteroatoms. The molecule has 0 aliphatic heterocycles. The van der Waals surface area contributed by atoms with E-state index in [1.54, 1.807) is 0 Å². The second-order valence-electron chi connectivity index (χ2n) is 5.79. The first kappa shape index (κ1) is 19.0. The number of carboxylic acid groups (broad SMARTS) is 2. The Morgan fingerprint density at radius 2 is 1.64 bits per heavy atom. The summed E-state index contributed by atoms with van der Waals surface area (Å²) in [6, 6.07) is 13.1. The number of thioether (sulfide) groups is 1. The predicted octanol–water partition coefficient (Wildman–Crippen LogP) is 4.08. The molecule has 0 aliphatic rings. The number of aliphatic carboxylic acids is 2. The van der Waals surface area contributed by atoms with Gasteiger partial charge in [0.15, 0.2) is 0 Å². The molecule has 4 nitrogen and oxygen atoms in total. The van der Waals surface area contributed by atoms with Gasteiger partial charge in [0.2, 0.25) is 0 Å². The van der Waals surface area contributed by atoms with E-state index in [4.69, 9.17) is 5.11 Å². The second-order valence-corrected chi connectivity index (χ2v) is 7.20. The van der Waals surface area contributed by atoms with E-state index in [2.05, 4.69) is 0 Å². The molecule has 0 aromatic heterocycles. The van der Waals surface area contributed by atoms with E-state index in [-0.39, 0.29) is 12.8 Å². The summed E-state index contributed by atoms with van der Waals surface area (Å²) in [4.78, 5) is 22.8. The lowest BCUT2D eigenvalue weighted by molar-refractivity contribution is -0.138. The summed E-state index contributed by atoms with van der Waals surface area (Å²) in [5.41, 5.74) is 2.56. The van der Waals surface area contributed by atoms with Gasteiger partial charge in [0.25, 0.3) is 0 Å². The van der Waals surface area contributed by atoms with Gasteiger partial charge in [-0.1, -0.05) is 42.0 Å². The minimum Gasteiger partial charge on any atom is -0.481 e. The molecule has 0 heterocycles. The summed E-state index contributed by atoms with van der Waals surface area (Å²) in [5.74, 6) is -2.44. The van der Waals surface area contributed by atoms with Crippen LogP contribution in [0.4, 0.5) is 4.39 Å². The Balaban J connectivity index is 2.19. The number of aryl methyl sites for hydroxylation is 1. The minimum absolute atomic E-state index is 0.228. The minimum atomic E-state index is -1.03. The molecule has 0 bridgehead atoms. The average molecular weight is 362 g/mol. The van der Waals surface area contributed by atoms with Crippen LogP contribution in [0.2, 0.25) is 0 Å². The summed E-state index contributed by atoms with van der Waals surface area (Å²) in [6.07, 6.45) is 0.0611. The Labute approximate surface area is 149 Å². The highest BCUT2D eigenvalue weighted by Gasteiger charge is 2.26. The van der Waals surface area contributed by atoms with E-state index in [9.17, 15) is 19.1 Å². The van der Waals surface area contributed by atoms with Crippen molar-refractivity contribution in [3.05, 3.63) is 71.0 Å². The maximum absolute atomic E-state index is 13.1. The number of rotatable bonds is 8. The molecule has 0 amide bonds. The first-order valence-corrected chi connectivity index (χ1v) is 8.70. The van der Waals surface area contributed by atoms with Crippen LogP contribution in [0.1, 0.15) is 28.4 Å². The molecule has 25 heavy (non-hydrogen) atoms. The van der Waals surface area contributed by atoms with Crippen LogP contribution < -0.4 is 0 Å². The van der Waals surface area contributed by atoms with Gasteiger partial charge in [0, 0.05) is 5.25 Å². The van der Waals surface area contributed by atoms with Crippen molar-refractivity contribution in [1.82, 2.24) is 0 Å². The average Bonchev–Trinajstić information content (AvgIpc) is 2.55. The van der Waals surface area contributed by atoms with E-state index in [1.807, 2.05) is 31.2 Å². The fourth-order valence-electron chi connectivity index (χ4n) is 2.41. The Hall–Kier alpha value is -2.34.